The van der Waals surface area contributed by atoms with Crippen LogP contribution in [0.5, 0.6) is 0 Å². The molecule has 0 unspecified atom stereocenters. The lowest BCUT2D eigenvalue weighted by Crippen LogP contribution is -2.44. The molecule has 0 aromatic carbocycles. The van der Waals surface area contributed by atoms with E-state index in [1.165, 1.54) is 63.5 Å². The maximum atomic E-state index is 6.90. The van der Waals surface area contributed by atoms with Crippen molar-refractivity contribution in [3.8, 4) is 0 Å². The Morgan fingerprint density at radius 1 is 0.680 bits per heavy atom. The first-order valence-corrected chi connectivity index (χ1v) is 17.0. The van der Waals surface area contributed by atoms with Crippen molar-refractivity contribution in [1.29, 1.82) is 0 Å². The normalized spacial score (nSPS) is 40.3. The van der Waals surface area contributed by atoms with Gasteiger partial charge in [0, 0.05) is 0 Å². The van der Waals surface area contributed by atoms with E-state index < -0.39 is 16.6 Å². The Morgan fingerprint density at radius 3 is 1.52 bits per heavy atom. The molecule has 25 heavy (non-hydrogen) atoms. The molecular formula is C20H38O3Si2. The highest BCUT2D eigenvalue weighted by molar-refractivity contribution is 6.84. The van der Waals surface area contributed by atoms with E-state index in [9.17, 15) is 0 Å². The summed E-state index contributed by atoms with van der Waals surface area (Å²) in [7, 11) is -3.05. The molecule has 4 aliphatic rings. The van der Waals surface area contributed by atoms with Gasteiger partial charge in [0.2, 0.25) is 0 Å². The Hall–Kier alpha value is 0.314. The van der Waals surface area contributed by atoms with E-state index in [1.807, 2.05) is 0 Å². The summed E-state index contributed by atoms with van der Waals surface area (Å²) in [5.74, 6) is 1.80. The average Bonchev–Trinajstić information content (AvgIpc) is 3.42. The average molecular weight is 383 g/mol. The molecule has 2 saturated carbocycles. The molecule has 0 spiro atoms. The fraction of sp³-hybridized carbons (Fsp3) is 1.00. The Balaban J connectivity index is 1.18. The SMILES string of the molecule is C[Si](C)(CC[C@H]1CC[C@@H]2O[C@@H]2C1)O[Si](C)(C)CC[C@@H]1CC[C@@H]2O[C@@H]2C1. The molecule has 144 valence electrons. The zero-order chi connectivity index (χ0) is 17.7. The fourth-order valence-electron chi connectivity index (χ4n) is 5.45. The molecule has 2 aliphatic carbocycles. The van der Waals surface area contributed by atoms with Gasteiger partial charge in [0.25, 0.3) is 0 Å². The highest BCUT2D eigenvalue weighted by Crippen LogP contribution is 2.43. The van der Waals surface area contributed by atoms with Crippen molar-refractivity contribution < 1.29 is 13.6 Å². The lowest BCUT2D eigenvalue weighted by Gasteiger charge is -2.36. The van der Waals surface area contributed by atoms with Crippen LogP contribution in [0.4, 0.5) is 0 Å². The van der Waals surface area contributed by atoms with Crippen molar-refractivity contribution in [3.63, 3.8) is 0 Å². The summed E-state index contributed by atoms with van der Waals surface area (Å²) < 4.78 is 18.3. The van der Waals surface area contributed by atoms with Gasteiger partial charge in [-0.15, -0.1) is 0 Å². The lowest BCUT2D eigenvalue weighted by molar-refractivity contribution is 0.352. The van der Waals surface area contributed by atoms with Gasteiger partial charge in [0.1, 0.15) is 0 Å². The third kappa shape index (κ3) is 5.19. The van der Waals surface area contributed by atoms with Crippen LogP contribution in [-0.2, 0) is 13.6 Å². The molecule has 2 saturated heterocycles. The predicted molar refractivity (Wildman–Crippen MR) is 107 cm³/mol. The fourth-order valence-corrected chi connectivity index (χ4v) is 14.5. The number of fused-ring (bicyclic) bond motifs is 2. The Bertz CT molecular complexity index is 440. The van der Waals surface area contributed by atoms with Crippen molar-refractivity contribution in [1.82, 2.24) is 0 Å². The molecule has 0 bridgehead atoms. The summed E-state index contributed by atoms with van der Waals surface area (Å²) >= 11 is 0. The zero-order valence-electron chi connectivity index (χ0n) is 16.8. The molecule has 5 heteroatoms. The molecule has 4 rings (SSSR count). The minimum atomic E-state index is -1.53. The Labute approximate surface area is 156 Å². The van der Waals surface area contributed by atoms with Crippen LogP contribution in [0.25, 0.3) is 0 Å². The van der Waals surface area contributed by atoms with Crippen LogP contribution >= 0.6 is 0 Å². The molecule has 0 N–H and O–H groups in total. The summed E-state index contributed by atoms with van der Waals surface area (Å²) in [6, 6.07) is 2.68. The van der Waals surface area contributed by atoms with Gasteiger partial charge < -0.3 is 13.6 Å². The molecule has 2 aliphatic heterocycles. The van der Waals surface area contributed by atoms with E-state index >= 15 is 0 Å². The van der Waals surface area contributed by atoms with Crippen molar-refractivity contribution in [2.24, 2.45) is 11.8 Å². The van der Waals surface area contributed by atoms with Gasteiger partial charge in [-0.05, 0) is 88.6 Å². The molecule has 0 radical (unpaired) electrons. The van der Waals surface area contributed by atoms with Crippen molar-refractivity contribution >= 4 is 16.6 Å². The summed E-state index contributed by atoms with van der Waals surface area (Å²) in [6.45, 7) is 9.85. The largest absolute Gasteiger partial charge is 0.455 e. The van der Waals surface area contributed by atoms with Gasteiger partial charge >= 0.3 is 0 Å². The van der Waals surface area contributed by atoms with Crippen LogP contribution in [-0.4, -0.2) is 41.1 Å². The van der Waals surface area contributed by atoms with Crippen LogP contribution in [0.3, 0.4) is 0 Å². The van der Waals surface area contributed by atoms with Crippen LogP contribution in [0.15, 0.2) is 0 Å². The van der Waals surface area contributed by atoms with Crippen molar-refractivity contribution in [2.45, 2.75) is 114 Å². The Kier molecular flexibility index (Phi) is 5.26. The molecule has 0 aromatic rings. The first kappa shape index (κ1) is 18.7. The van der Waals surface area contributed by atoms with Crippen LogP contribution < -0.4 is 0 Å². The summed E-state index contributed by atoms with van der Waals surface area (Å²) in [5.41, 5.74) is 0. The smallest absolute Gasteiger partial charge is 0.173 e. The van der Waals surface area contributed by atoms with E-state index in [0.717, 1.165) is 11.8 Å². The molecular weight excluding hydrogens is 344 g/mol. The predicted octanol–water partition coefficient (Wildman–Crippen LogP) is 5.33. The number of hydrogen-bond acceptors (Lipinski definition) is 3. The number of hydrogen-bond donors (Lipinski definition) is 0. The quantitative estimate of drug-likeness (QED) is 0.420. The highest BCUT2D eigenvalue weighted by Gasteiger charge is 2.45. The second kappa shape index (κ2) is 7.04. The molecule has 0 aromatic heterocycles. The zero-order valence-corrected chi connectivity index (χ0v) is 18.8. The maximum Gasteiger partial charge on any atom is 0.173 e. The minimum absolute atomic E-state index is 0.626. The van der Waals surface area contributed by atoms with Gasteiger partial charge in [0.15, 0.2) is 16.6 Å². The maximum absolute atomic E-state index is 6.90. The molecule has 3 nitrogen and oxygen atoms in total. The van der Waals surface area contributed by atoms with Crippen molar-refractivity contribution in [3.05, 3.63) is 0 Å². The van der Waals surface area contributed by atoms with Gasteiger partial charge in [-0.2, -0.15) is 0 Å². The molecule has 6 atom stereocenters. The minimum Gasteiger partial charge on any atom is -0.455 e. The van der Waals surface area contributed by atoms with Crippen LogP contribution in [0.2, 0.25) is 38.3 Å². The molecule has 4 fully saturated rings. The lowest BCUT2D eigenvalue weighted by atomic mass is 9.88. The number of ether oxygens (including phenoxy) is 2. The third-order valence-corrected chi connectivity index (χ3v) is 14.5. The summed E-state index contributed by atoms with van der Waals surface area (Å²) in [6.07, 6.45) is 13.3. The van der Waals surface area contributed by atoms with Gasteiger partial charge in [-0.25, -0.2) is 0 Å². The second-order valence-electron chi connectivity index (χ2n) is 10.5. The monoisotopic (exact) mass is 382 g/mol. The van der Waals surface area contributed by atoms with Gasteiger partial charge in [0.05, 0.1) is 24.4 Å². The van der Waals surface area contributed by atoms with E-state index in [1.54, 1.807) is 0 Å². The highest BCUT2D eigenvalue weighted by atomic mass is 28.4. The van der Waals surface area contributed by atoms with Crippen LogP contribution in [0, 0.1) is 11.8 Å². The van der Waals surface area contributed by atoms with E-state index in [-0.39, 0.29) is 0 Å². The summed E-state index contributed by atoms with van der Waals surface area (Å²) in [5, 5.41) is 0. The van der Waals surface area contributed by atoms with Gasteiger partial charge in [-0.1, -0.05) is 12.8 Å². The standard InChI is InChI=1S/C20H38O3Si2/c1-24(2,11-9-15-5-7-17-19(13-15)21-17)23-25(3,4)12-10-16-6-8-18-20(14-16)22-18/h15-20H,5-14H2,1-4H3/t15-,16+,17-,18-,19+,20+/m0/s1. The second-order valence-corrected chi connectivity index (χ2v) is 19.3. The van der Waals surface area contributed by atoms with E-state index in [0.29, 0.717) is 24.4 Å². The van der Waals surface area contributed by atoms with Gasteiger partial charge in [-0.3, -0.25) is 0 Å². The van der Waals surface area contributed by atoms with Crippen LogP contribution in [0.1, 0.15) is 51.4 Å². The third-order valence-electron chi connectivity index (χ3n) is 7.09. The van der Waals surface area contributed by atoms with E-state index in [4.69, 9.17) is 13.6 Å². The summed E-state index contributed by atoms with van der Waals surface area (Å²) in [4.78, 5) is 0. The number of epoxide rings is 2. The number of rotatable bonds is 8. The molecule has 0 amide bonds. The first-order chi connectivity index (χ1) is 11.8. The van der Waals surface area contributed by atoms with E-state index in [2.05, 4.69) is 26.2 Å². The topological polar surface area (TPSA) is 34.3 Å². The molecule has 2 heterocycles. The van der Waals surface area contributed by atoms with Crippen molar-refractivity contribution in [2.75, 3.05) is 0 Å². The first-order valence-electron chi connectivity index (χ1n) is 10.8. The Morgan fingerprint density at radius 2 is 1.12 bits per heavy atom.